The molecule has 0 spiro atoms. The molecule has 1 aromatic heterocycles. The molecule has 0 radical (unpaired) electrons. The minimum atomic E-state index is -3.54. The first-order valence-corrected chi connectivity index (χ1v) is 10.7. The molecule has 8 nitrogen and oxygen atoms in total. The Morgan fingerprint density at radius 1 is 1.00 bits per heavy atom. The van der Waals surface area contributed by atoms with Gasteiger partial charge in [0, 0.05) is 11.6 Å². The maximum atomic E-state index is 12.2. The van der Waals surface area contributed by atoms with E-state index in [0.29, 0.717) is 28.5 Å². The van der Waals surface area contributed by atoms with Crippen LogP contribution in [0, 0.1) is 0 Å². The molecule has 1 heterocycles. The number of rotatable bonds is 9. The summed E-state index contributed by atoms with van der Waals surface area (Å²) < 4.78 is 45.3. The van der Waals surface area contributed by atoms with Crippen molar-refractivity contribution in [3.05, 3.63) is 60.3 Å². The third kappa shape index (κ3) is 5.18. The van der Waals surface area contributed by atoms with E-state index in [-0.39, 0.29) is 23.7 Å². The summed E-state index contributed by atoms with van der Waals surface area (Å²) >= 11 is 0. The standard InChI is InChI=1S/C21H21NO7S/c1-26-18-9-8-15(12-20(18)27-2)19-13-16(22-29-19)14-28-21(23)10-11-30(24,25)17-6-4-3-5-7-17/h3-9,12-13H,10-11,14H2,1-2H3. The highest BCUT2D eigenvalue weighted by atomic mass is 32.2. The lowest BCUT2D eigenvalue weighted by atomic mass is 10.1. The normalized spacial score (nSPS) is 11.1. The van der Waals surface area contributed by atoms with Crippen LogP contribution >= 0.6 is 0 Å². The topological polar surface area (TPSA) is 105 Å². The quantitative estimate of drug-likeness (QED) is 0.476. The molecule has 0 saturated carbocycles. The van der Waals surface area contributed by atoms with Crippen LogP contribution in [-0.2, 0) is 26.0 Å². The number of ether oxygens (including phenoxy) is 3. The van der Waals surface area contributed by atoms with Crippen molar-refractivity contribution in [3.63, 3.8) is 0 Å². The summed E-state index contributed by atoms with van der Waals surface area (Å²) in [6.45, 7) is -0.124. The fourth-order valence-corrected chi connectivity index (χ4v) is 3.94. The Kier molecular flexibility index (Phi) is 6.73. The van der Waals surface area contributed by atoms with Gasteiger partial charge in [0.15, 0.2) is 27.1 Å². The van der Waals surface area contributed by atoms with E-state index in [0.717, 1.165) is 0 Å². The number of carbonyl (C=O) groups excluding carboxylic acids is 1. The lowest BCUT2D eigenvalue weighted by Gasteiger charge is -2.07. The van der Waals surface area contributed by atoms with Crippen molar-refractivity contribution < 1.29 is 31.9 Å². The molecule has 2 aromatic carbocycles. The Labute approximate surface area is 174 Å². The number of benzene rings is 2. The lowest BCUT2D eigenvalue weighted by Crippen LogP contribution is -2.13. The monoisotopic (exact) mass is 431 g/mol. The molecule has 0 aliphatic rings. The molecule has 0 amide bonds. The number of sulfone groups is 1. The Morgan fingerprint density at radius 2 is 1.73 bits per heavy atom. The highest BCUT2D eigenvalue weighted by molar-refractivity contribution is 7.91. The molecule has 0 bridgehead atoms. The Morgan fingerprint density at radius 3 is 2.43 bits per heavy atom. The van der Waals surface area contributed by atoms with E-state index >= 15 is 0 Å². The van der Waals surface area contributed by atoms with Crippen LogP contribution in [-0.4, -0.2) is 39.5 Å². The number of methoxy groups -OCH3 is 2. The first-order chi connectivity index (χ1) is 14.4. The van der Waals surface area contributed by atoms with Crippen molar-refractivity contribution in [1.82, 2.24) is 5.16 Å². The second-order valence-electron chi connectivity index (χ2n) is 6.29. The van der Waals surface area contributed by atoms with Gasteiger partial charge < -0.3 is 18.7 Å². The second-order valence-corrected chi connectivity index (χ2v) is 8.40. The maximum absolute atomic E-state index is 12.2. The van der Waals surface area contributed by atoms with Crippen LogP contribution in [0.5, 0.6) is 11.5 Å². The van der Waals surface area contributed by atoms with Crippen molar-refractivity contribution in [3.8, 4) is 22.8 Å². The van der Waals surface area contributed by atoms with E-state index in [2.05, 4.69) is 5.16 Å². The number of nitrogens with zero attached hydrogens (tertiary/aromatic N) is 1. The van der Waals surface area contributed by atoms with Gasteiger partial charge in [-0.25, -0.2) is 8.42 Å². The summed E-state index contributed by atoms with van der Waals surface area (Å²) in [7, 11) is -0.462. The molecule has 0 aliphatic heterocycles. The molecule has 3 aromatic rings. The zero-order valence-corrected chi connectivity index (χ0v) is 17.3. The van der Waals surface area contributed by atoms with Crippen LogP contribution in [0.3, 0.4) is 0 Å². The number of aromatic nitrogens is 1. The van der Waals surface area contributed by atoms with E-state index in [9.17, 15) is 13.2 Å². The molecule has 9 heteroatoms. The van der Waals surface area contributed by atoms with Gasteiger partial charge in [0.05, 0.1) is 31.3 Å². The third-order valence-corrected chi connectivity index (χ3v) is 6.02. The van der Waals surface area contributed by atoms with Gasteiger partial charge in [-0.2, -0.15) is 0 Å². The summed E-state index contributed by atoms with van der Waals surface area (Å²) in [5.41, 5.74) is 1.12. The molecular formula is C21H21NO7S. The number of hydrogen-bond acceptors (Lipinski definition) is 8. The van der Waals surface area contributed by atoms with Gasteiger partial charge in [-0.05, 0) is 30.3 Å². The van der Waals surface area contributed by atoms with E-state index in [4.69, 9.17) is 18.7 Å². The summed E-state index contributed by atoms with van der Waals surface area (Å²) in [6.07, 6.45) is -0.252. The molecule has 0 atom stereocenters. The van der Waals surface area contributed by atoms with Crippen LogP contribution in [0.4, 0.5) is 0 Å². The summed E-state index contributed by atoms with van der Waals surface area (Å²) in [6, 6.07) is 14.9. The fourth-order valence-electron chi connectivity index (χ4n) is 2.70. The van der Waals surface area contributed by atoms with Gasteiger partial charge in [0.25, 0.3) is 0 Å². The second kappa shape index (κ2) is 9.45. The van der Waals surface area contributed by atoms with Crippen molar-refractivity contribution >= 4 is 15.8 Å². The van der Waals surface area contributed by atoms with Crippen molar-refractivity contribution in [2.75, 3.05) is 20.0 Å². The smallest absolute Gasteiger partial charge is 0.307 e. The predicted octanol–water partition coefficient (Wildman–Crippen LogP) is 3.27. The largest absolute Gasteiger partial charge is 0.493 e. The molecule has 0 fully saturated rings. The average molecular weight is 431 g/mol. The molecule has 0 aliphatic carbocycles. The van der Waals surface area contributed by atoms with Crippen molar-refractivity contribution in [1.29, 1.82) is 0 Å². The van der Waals surface area contributed by atoms with Crippen molar-refractivity contribution in [2.24, 2.45) is 0 Å². The maximum Gasteiger partial charge on any atom is 0.307 e. The van der Waals surface area contributed by atoms with Gasteiger partial charge in [-0.3, -0.25) is 4.79 Å². The van der Waals surface area contributed by atoms with Gasteiger partial charge >= 0.3 is 5.97 Å². The number of carbonyl (C=O) groups is 1. The summed E-state index contributed by atoms with van der Waals surface area (Å²) in [4.78, 5) is 12.1. The summed E-state index contributed by atoms with van der Waals surface area (Å²) in [5.74, 6) is 0.629. The van der Waals surface area contributed by atoms with Gasteiger partial charge in [0.2, 0.25) is 0 Å². The average Bonchev–Trinajstić information content (AvgIpc) is 3.25. The van der Waals surface area contributed by atoms with E-state index in [1.807, 2.05) is 0 Å². The van der Waals surface area contributed by atoms with Crippen LogP contribution in [0.15, 0.2) is 64.0 Å². The van der Waals surface area contributed by atoms with E-state index in [1.54, 1.807) is 49.6 Å². The molecule has 0 N–H and O–H groups in total. The van der Waals surface area contributed by atoms with Gasteiger partial charge in [0.1, 0.15) is 12.3 Å². The molecule has 158 valence electrons. The molecule has 0 unspecified atom stereocenters. The highest BCUT2D eigenvalue weighted by Gasteiger charge is 2.17. The SMILES string of the molecule is COc1ccc(-c2cc(COC(=O)CCS(=O)(=O)c3ccccc3)no2)cc1OC. The fraction of sp³-hybridized carbons (Fsp3) is 0.238. The van der Waals surface area contributed by atoms with E-state index < -0.39 is 15.8 Å². The van der Waals surface area contributed by atoms with Crippen LogP contribution in [0.2, 0.25) is 0 Å². The van der Waals surface area contributed by atoms with Crippen LogP contribution in [0.1, 0.15) is 12.1 Å². The van der Waals surface area contributed by atoms with E-state index in [1.165, 1.54) is 19.2 Å². The van der Waals surface area contributed by atoms with Gasteiger partial charge in [-0.1, -0.05) is 23.4 Å². The molecular weight excluding hydrogens is 410 g/mol. The minimum absolute atomic E-state index is 0.124. The Hall–Kier alpha value is -3.33. The first-order valence-electron chi connectivity index (χ1n) is 9.04. The number of esters is 1. The predicted molar refractivity (Wildman–Crippen MR) is 108 cm³/mol. The first kappa shape index (κ1) is 21.4. The van der Waals surface area contributed by atoms with Crippen molar-refractivity contribution in [2.45, 2.75) is 17.9 Å². The zero-order valence-electron chi connectivity index (χ0n) is 16.5. The molecule has 0 saturated heterocycles. The Balaban J connectivity index is 1.56. The van der Waals surface area contributed by atoms with Gasteiger partial charge in [-0.15, -0.1) is 0 Å². The van der Waals surface area contributed by atoms with Crippen LogP contribution in [0.25, 0.3) is 11.3 Å². The van der Waals surface area contributed by atoms with Crippen LogP contribution < -0.4 is 9.47 Å². The lowest BCUT2D eigenvalue weighted by molar-refractivity contribution is -0.144. The zero-order chi connectivity index (χ0) is 21.6. The molecule has 30 heavy (non-hydrogen) atoms. The molecule has 3 rings (SSSR count). The summed E-state index contributed by atoms with van der Waals surface area (Å²) in [5, 5.41) is 3.88. The highest BCUT2D eigenvalue weighted by Crippen LogP contribution is 2.32. The minimum Gasteiger partial charge on any atom is -0.493 e. The Bertz CT molecular complexity index is 1110. The third-order valence-electron chi connectivity index (χ3n) is 4.29. The number of hydrogen-bond donors (Lipinski definition) is 0.